The lowest BCUT2D eigenvalue weighted by atomic mass is 10.0. The van der Waals surface area contributed by atoms with E-state index in [0.717, 1.165) is 25.3 Å². The number of methoxy groups -OCH3 is 1. The Balaban J connectivity index is 2.23. The van der Waals surface area contributed by atoms with Gasteiger partial charge in [0.05, 0.1) is 7.11 Å². The highest BCUT2D eigenvalue weighted by Gasteiger charge is 2.26. The van der Waals surface area contributed by atoms with Crippen molar-refractivity contribution in [3.63, 3.8) is 0 Å². The predicted molar refractivity (Wildman–Crippen MR) is 70.3 cm³/mol. The molecule has 1 aliphatic heterocycles. The summed E-state index contributed by atoms with van der Waals surface area (Å²) in [6.45, 7) is 6.42. The molecule has 0 radical (unpaired) electrons. The van der Waals surface area contributed by atoms with Crippen molar-refractivity contribution in [2.45, 2.75) is 32.4 Å². The average Bonchev–Trinajstić information content (AvgIpc) is 2.75. The highest BCUT2D eigenvalue weighted by molar-refractivity contribution is 5.39. The van der Waals surface area contributed by atoms with E-state index in [0.29, 0.717) is 12.1 Å². The van der Waals surface area contributed by atoms with Gasteiger partial charge in [-0.3, -0.25) is 4.90 Å². The van der Waals surface area contributed by atoms with Crippen LogP contribution in [0.5, 0.6) is 5.75 Å². The smallest absolute Gasteiger partial charge is 0.123 e. The number of ether oxygens (including phenoxy) is 1. The van der Waals surface area contributed by atoms with Gasteiger partial charge < -0.3 is 10.5 Å². The summed E-state index contributed by atoms with van der Waals surface area (Å²) in [6, 6.07) is 7.06. The summed E-state index contributed by atoms with van der Waals surface area (Å²) < 4.78 is 5.45. The molecule has 0 amide bonds. The minimum atomic E-state index is 0.327. The Morgan fingerprint density at radius 3 is 2.82 bits per heavy atom. The second-order valence-electron chi connectivity index (χ2n) is 4.97. The molecule has 1 saturated heterocycles. The maximum atomic E-state index is 5.97. The van der Waals surface area contributed by atoms with Crippen LogP contribution >= 0.6 is 0 Å². The van der Waals surface area contributed by atoms with Gasteiger partial charge in [-0.2, -0.15) is 0 Å². The van der Waals surface area contributed by atoms with Gasteiger partial charge in [0.15, 0.2) is 0 Å². The van der Waals surface area contributed by atoms with Crippen LogP contribution in [0.25, 0.3) is 0 Å². The SMILES string of the molecule is COc1ccc(C)cc1C(C)N1CCC(N)C1. The van der Waals surface area contributed by atoms with Gasteiger partial charge in [0.25, 0.3) is 0 Å². The van der Waals surface area contributed by atoms with Crippen LogP contribution in [0, 0.1) is 6.92 Å². The van der Waals surface area contributed by atoms with Crippen molar-refractivity contribution in [1.82, 2.24) is 4.90 Å². The molecule has 0 spiro atoms. The van der Waals surface area contributed by atoms with Crippen molar-refractivity contribution in [2.24, 2.45) is 5.73 Å². The molecule has 0 saturated carbocycles. The Morgan fingerprint density at radius 2 is 2.24 bits per heavy atom. The lowest BCUT2D eigenvalue weighted by Crippen LogP contribution is -2.29. The van der Waals surface area contributed by atoms with Gasteiger partial charge in [-0.05, 0) is 26.3 Å². The van der Waals surface area contributed by atoms with E-state index < -0.39 is 0 Å². The third-order valence-corrected chi connectivity index (χ3v) is 3.64. The molecule has 0 bridgehead atoms. The van der Waals surface area contributed by atoms with Gasteiger partial charge in [-0.1, -0.05) is 17.7 Å². The summed E-state index contributed by atoms with van der Waals surface area (Å²) in [5.41, 5.74) is 8.51. The van der Waals surface area contributed by atoms with Crippen LogP contribution in [0.4, 0.5) is 0 Å². The molecule has 2 rings (SSSR count). The summed E-state index contributed by atoms with van der Waals surface area (Å²) in [6.07, 6.45) is 1.10. The third kappa shape index (κ3) is 2.61. The first-order valence-electron chi connectivity index (χ1n) is 6.26. The highest BCUT2D eigenvalue weighted by Crippen LogP contribution is 2.31. The monoisotopic (exact) mass is 234 g/mol. The van der Waals surface area contributed by atoms with Gasteiger partial charge in [-0.25, -0.2) is 0 Å². The summed E-state index contributed by atoms with van der Waals surface area (Å²) in [5.74, 6) is 0.976. The number of aryl methyl sites for hydroxylation is 1. The number of hydrogen-bond acceptors (Lipinski definition) is 3. The Labute approximate surface area is 104 Å². The molecule has 2 unspecified atom stereocenters. The van der Waals surface area contributed by atoms with Crippen molar-refractivity contribution < 1.29 is 4.74 Å². The zero-order valence-corrected chi connectivity index (χ0v) is 10.9. The molecule has 1 heterocycles. The van der Waals surface area contributed by atoms with Crippen LogP contribution in [0.1, 0.15) is 30.5 Å². The maximum absolute atomic E-state index is 5.97. The van der Waals surface area contributed by atoms with E-state index in [1.54, 1.807) is 7.11 Å². The number of nitrogens with two attached hydrogens (primary N) is 1. The fourth-order valence-electron chi connectivity index (χ4n) is 2.54. The van der Waals surface area contributed by atoms with Crippen molar-refractivity contribution in [1.29, 1.82) is 0 Å². The van der Waals surface area contributed by atoms with E-state index in [2.05, 4.69) is 36.9 Å². The number of benzene rings is 1. The van der Waals surface area contributed by atoms with Gasteiger partial charge in [-0.15, -0.1) is 0 Å². The maximum Gasteiger partial charge on any atom is 0.123 e. The molecule has 17 heavy (non-hydrogen) atoms. The summed E-state index contributed by atoms with van der Waals surface area (Å²) in [7, 11) is 1.73. The lowest BCUT2D eigenvalue weighted by molar-refractivity contribution is 0.253. The predicted octanol–water partition coefficient (Wildman–Crippen LogP) is 2.10. The molecule has 1 aromatic carbocycles. The first-order valence-corrected chi connectivity index (χ1v) is 6.26. The van der Waals surface area contributed by atoms with Crippen LogP contribution in [0.15, 0.2) is 18.2 Å². The van der Waals surface area contributed by atoms with Crippen molar-refractivity contribution in [3.05, 3.63) is 29.3 Å². The van der Waals surface area contributed by atoms with Crippen LogP contribution < -0.4 is 10.5 Å². The van der Waals surface area contributed by atoms with Gasteiger partial charge in [0.2, 0.25) is 0 Å². The molecule has 3 nitrogen and oxygen atoms in total. The van der Waals surface area contributed by atoms with Crippen molar-refractivity contribution in [2.75, 3.05) is 20.2 Å². The molecule has 1 aromatic rings. The van der Waals surface area contributed by atoms with E-state index in [4.69, 9.17) is 10.5 Å². The summed E-state index contributed by atoms with van der Waals surface area (Å²) in [5, 5.41) is 0. The molecule has 2 N–H and O–H groups in total. The molecule has 2 atom stereocenters. The molecule has 3 heteroatoms. The quantitative estimate of drug-likeness (QED) is 0.870. The largest absolute Gasteiger partial charge is 0.496 e. The number of hydrogen-bond donors (Lipinski definition) is 1. The minimum absolute atomic E-state index is 0.327. The number of rotatable bonds is 3. The Kier molecular flexibility index (Phi) is 3.69. The van der Waals surface area contributed by atoms with Crippen molar-refractivity contribution in [3.8, 4) is 5.75 Å². The van der Waals surface area contributed by atoms with Crippen molar-refractivity contribution >= 4 is 0 Å². The zero-order valence-electron chi connectivity index (χ0n) is 10.9. The zero-order chi connectivity index (χ0) is 12.4. The number of likely N-dealkylation sites (tertiary alicyclic amines) is 1. The minimum Gasteiger partial charge on any atom is -0.496 e. The van der Waals surface area contributed by atoms with Crippen LogP contribution in [-0.4, -0.2) is 31.1 Å². The van der Waals surface area contributed by atoms with E-state index in [-0.39, 0.29) is 0 Å². The van der Waals surface area contributed by atoms with Crippen LogP contribution in [0.3, 0.4) is 0 Å². The summed E-state index contributed by atoms with van der Waals surface area (Å²) >= 11 is 0. The summed E-state index contributed by atoms with van der Waals surface area (Å²) in [4.78, 5) is 2.43. The van der Waals surface area contributed by atoms with Gasteiger partial charge >= 0.3 is 0 Å². The van der Waals surface area contributed by atoms with E-state index in [1.807, 2.05) is 0 Å². The fraction of sp³-hybridized carbons (Fsp3) is 0.571. The highest BCUT2D eigenvalue weighted by atomic mass is 16.5. The topological polar surface area (TPSA) is 38.5 Å². The first kappa shape index (κ1) is 12.4. The molecular formula is C14H22N2O. The second-order valence-corrected chi connectivity index (χ2v) is 4.97. The standard InChI is InChI=1S/C14H22N2O/c1-10-4-5-14(17-3)13(8-10)11(2)16-7-6-12(15)9-16/h4-5,8,11-12H,6-7,9,15H2,1-3H3. The molecule has 94 valence electrons. The molecular weight excluding hydrogens is 212 g/mol. The first-order chi connectivity index (χ1) is 8.11. The third-order valence-electron chi connectivity index (χ3n) is 3.64. The van der Waals surface area contributed by atoms with Gasteiger partial charge in [0.1, 0.15) is 5.75 Å². The Hall–Kier alpha value is -1.06. The van der Waals surface area contributed by atoms with Crippen LogP contribution in [-0.2, 0) is 0 Å². The average molecular weight is 234 g/mol. The van der Waals surface area contributed by atoms with Gasteiger partial charge in [0, 0.05) is 30.7 Å². The van der Waals surface area contributed by atoms with E-state index >= 15 is 0 Å². The van der Waals surface area contributed by atoms with E-state index in [9.17, 15) is 0 Å². The molecule has 1 aliphatic rings. The Morgan fingerprint density at radius 1 is 1.47 bits per heavy atom. The molecule has 1 fully saturated rings. The second kappa shape index (κ2) is 5.07. The van der Waals surface area contributed by atoms with E-state index in [1.165, 1.54) is 11.1 Å². The Bertz CT molecular complexity index is 392. The normalized spacial score (nSPS) is 22.7. The molecule has 0 aromatic heterocycles. The van der Waals surface area contributed by atoms with Crippen LogP contribution in [0.2, 0.25) is 0 Å². The lowest BCUT2D eigenvalue weighted by Gasteiger charge is -2.26. The fourth-order valence-corrected chi connectivity index (χ4v) is 2.54. The molecule has 0 aliphatic carbocycles. The number of nitrogens with zero attached hydrogens (tertiary/aromatic N) is 1.